The second-order valence-electron chi connectivity index (χ2n) is 6.71. The van der Waals surface area contributed by atoms with E-state index in [1.54, 1.807) is 18.4 Å². The van der Waals surface area contributed by atoms with Crippen molar-refractivity contribution >= 4 is 17.2 Å². The number of hydrogen-bond donors (Lipinski definition) is 1. The Morgan fingerprint density at radius 1 is 1.17 bits per heavy atom. The number of ether oxygens (including phenoxy) is 1. The van der Waals surface area contributed by atoms with Gasteiger partial charge in [0.2, 0.25) is 0 Å². The van der Waals surface area contributed by atoms with Crippen LogP contribution in [0.4, 0.5) is 0 Å². The molecule has 0 spiro atoms. The van der Waals surface area contributed by atoms with Crippen molar-refractivity contribution in [2.24, 2.45) is 0 Å². The van der Waals surface area contributed by atoms with Crippen LogP contribution in [0.1, 0.15) is 52.6 Å². The highest BCUT2D eigenvalue weighted by Gasteiger charge is 2.16. The summed E-state index contributed by atoms with van der Waals surface area (Å²) in [6.07, 6.45) is -0.105. The van der Waals surface area contributed by atoms with E-state index < -0.39 is 0 Å². The molecule has 0 aliphatic carbocycles. The Bertz CT molecular complexity index is 653. The molecule has 1 atom stereocenters. The van der Waals surface area contributed by atoms with Gasteiger partial charge in [-0.2, -0.15) is 0 Å². The first-order valence-electron chi connectivity index (χ1n) is 7.79. The van der Waals surface area contributed by atoms with E-state index in [9.17, 15) is 4.79 Å². The number of aryl methyl sites for hydroxylation is 1. The zero-order chi connectivity index (χ0) is 17.0. The highest BCUT2D eigenvalue weighted by molar-refractivity contribution is 7.12. The molecule has 1 heterocycles. The number of carbonyl (C=O) groups is 1. The SMILES string of the molecule is COC(CNC(=O)c1ccc(C(C)(C)C)cc1)c1ccc(C)s1. The molecule has 1 amide bonds. The second-order valence-corrected chi connectivity index (χ2v) is 8.03. The monoisotopic (exact) mass is 331 g/mol. The van der Waals surface area contributed by atoms with Gasteiger partial charge in [0.1, 0.15) is 6.10 Å². The van der Waals surface area contributed by atoms with Gasteiger partial charge in [0.05, 0.1) is 0 Å². The van der Waals surface area contributed by atoms with Gasteiger partial charge in [0, 0.05) is 29.0 Å². The lowest BCUT2D eigenvalue weighted by molar-refractivity contribution is 0.0837. The van der Waals surface area contributed by atoms with Gasteiger partial charge >= 0.3 is 0 Å². The molecule has 3 nitrogen and oxygen atoms in total. The third-order valence-corrected chi connectivity index (χ3v) is 4.92. The fourth-order valence-electron chi connectivity index (χ4n) is 2.34. The lowest BCUT2D eigenvalue weighted by Gasteiger charge is -2.19. The van der Waals surface area contributed by atoms with Crippen LogP contribution in [0, 0.1) is 6.92 Å². The number of methoxy groups -OCH3 is 1. The Morgan fingerprint density at radius 2 is 1.83 bits per heavy atom. The molecular weight excluding hydrogens is 306 g/mol. The molecule has 0 radical (unpaired) electrons. The van der Waals surface area contributed by atoms with Gasteiger partial charge in [-0.3, -0.25) is 4.79 Å². The average Bonchev–Trinajstić information content (AvgIpc) is 2.93. The summed E-state index contributed by atoms with van der Waals surface area (Å²) in [5, 5.41) is 2.96. The smallest absolute Gasteiger partial charge is 0.251 e. The van der Waals surface area contributed by atoms with E-state index in [0.717, 1.165) is 4.88 Å². The molecule has 0 fully saturated rings. The number of carbonyl (C=O) groups excluding carboxylic acids is 1. The molecule has 1 aromatic carbocycles. The summed E-state index contributed by atoms with van der Waals surface area (Å²) >= 11 is 1.70. The number of benzene rings is 1. The lowest BCUT2D eigenvalue weighted by atomic mass is 9.87. The predicted molar refractivity (Wildman–Crippen MR) is 96.3 cm³/mol. The summed E-state index contributed by atoms with van der Waals surface area (Å²) in [7, 11) is 1.67. The number of amides is 1. The minimum absolute atomic E-state index is 0.0687. The van der Waals surface area contributed by atoms with Gasteiger partial charge in [-0.25, -0.2) is 0 Å². The Kier molecular flexibility index (Phi) is 5.60. The van der Waals surface area contributed by atoms with Gasteiger partial charge in [-0.1, -0.05) is 32.9 Å². The summed E-state index contributed by atoms with van der Waals surface area (Å²) < 4.78 is 5.50. The topological polar surface area (TPSA) is 38.3 Å². The highest BCUT2D eigenvalue weighted by atomic mass is 32.1. The first kappa shape index (κ1) is 17.7. The fourth-order valence-corrected chi connectivity index (χ4v) is 3.29. The maximum atomic E-state index is 12.3. The van der Waals surface area contributed by atoms with Gasteiger partial charge in [0.25, 0.3) is 5.91 Å². The van der Waals surface area contributed by atoms with Crippen molar-refractivity contribution in [3.63, 3.8) is 0 Å². The Hall–Kier alpha value is -1.65. The molecule has 0 saturated heterocycles. The molecular formula is C19H25NO2S. The van der Waals surface area contributed by atoms with E-state index in [1.165, 1.54) is 10.4 Å². The molecule has 0 bridgehead atoms. The fraction of sp³-hybridized carbons (Fsp3) is 0.421. The summed E-state index contributed by atoms with van der Waals surface area (Å²) in [6.45, 7) is 9.02. The number of nitrogens with one attached hydrogen (secondary N) is 1. The molecule has 23 heavy (non-hydrogen) atoms. The zero-order valence-electron chi connectivity index (χ0n) is 14.5. The molecule has 1 unspecified atom stereocenters. The quantitative estimate of drug-likeness (QED) is 0.878. The second kappa shape index (κ2) is 7.28. The van der Waals surface area contributed by atoms with Crippen LogP contribution in [0.25, 0.3) is 0 Å². The van der Waals surface area contributed by atoms with E-state index in [0.29, 0.717) is 12.1 Å². The van der Waals surface area contributed by atoms with Crippen LogP contribution in [-0.4, -0.2) is 19.6 Å². The van der Waals surface area contributed by atoms with E-state index >= 15 is 0 Å². The van der Waals surface area contributed by atoms with Crippen LogP contribution in [0.3, 0.4) is 0 Å². The normalized spacial score (nSPS) is 12.9. The predicted octanol–water partition coefficient (Wildman–Crippen LogP) is 4.47. The summed E-state index contributed by atoms with van der Waals surface area (Å²) in [5.41, 5.74) is 1.99. The molecule has 2 rings (SSSR count). The van der Waals surface area contributed by atoms with Crippen LogP contribution in [0.2, 0.25) is 0 Å². The van der Waals surface area contributed by atoms with Crippen molar-refractivity contribution in [1.29, 1.82) is 0 Å². The Morgan fingerprint density at radius 3 is 2.30 bits per heavy atom. The van der Waals surface area contributed by atoms with Gasteiger partial charge in [0.15, 0.2) is 0 Å². The third kappa shape index (κ3) is 4.66. The third-order valence-electron chi connectivity index (χ3n) is 3.82. The van der Waals surface area contributed by atoms with E-state index in [4.69, 9.17) is 4.74 Å². The van der Waals surface area contributed by atoms with Crippen LogP contribution < -0.4 is 5.32 Å². The van der Waals surface area contributed by atoms with Gasteiger partial charge in [-0.15, -0.1) is 11.3 Å². The lowest BCUT2D eigenvalue weighted by Crippen LogP contribution is -2.28. The number of thiophene rings is 1. The average molecular weight is 331 g/mol. The van der Waals surface area contributed by atoms with Crippen molar-refractivity contribution in [2.45, 2.75) is 39.2 Å². The van der Waals surface area contributed by atoms with Crippen LogP contribution in [0.15, 0.2) is 36.4 Å². The summed E-state index contributed by atoms with van der Waals surface area (Å²) in [5.74, 6) is -0.0687. The Balaban J connectivity index is 1.98. The first-order valence-corrected chi connectivity index (χ1v) is 8.61. The number of rotatable bonds is 5. The molecule has 124 valence electrons. The van der Waals surface area contributed by atoms with Gasteiger partial charge < -0.3 is 10.1 Å². The molecule has 1 aromatic heterocycles. The Labute approximate surface area is 142 Å². The van der Waals surface area contributed by atoms with E-state index in [-0.39, 0.29) is 17.4 Å². The minimum atomic E-state index is -0.105. The van der Waals surface area contributed by atoms with E-state index in [2.05, 4.69) is 45.1 Å². The van der Waals surface area contributed by atoms with Crippen molar-refractivity contribution in [3.8, 4) is 0 Å². The van der Waals surface area contributed by atoms with Crippen molar-refractivity contribution in [1.82, 2.24) is 5.32 Å². The minimum Gasteiger partial charge on any atom is -0.374 e. The van der Waals surface area contributed by atoms with Gasteiger partial charge in [-0.05, 0) is 42.2 Å². The molecule has 2 aromatic rings. The number of hydrogen-bond acceptors (Lipinski definition) is 3. The van der Waals surface area contributed by atoms with Crippen LogP contribution in [0.5, 0.6) is 0 Å². The molecule has 0 aliphatic rings. The first-order chi connectivity index (χ1) is 10.8. The van der Waals surface area contributed by atoms with Crippen molar-refractivity contribution in [3.05, 3.63) is 57.3 Å². The van der Waals surface area contributed by atoms with E-state index in [1.807, 2.05) is 24.3 Å². The molecule has 4 heteroatoms. The van der Waals surface area contributed by atoms with Crippen molar-refractivity contribution < 1.29 is 9.53 Å². The highest BCUT2D eigenvalue weighted by Crippen LogP contribution is 2.25. The zero-order valence-corrected chi connectivity index (χ0v) is 15.3. The standard InChI is InChI=1S/C19H25NO2S/c1-13-6-11-17(23-13)16(22-5)12-20-18(21)14-7-9-15(10-8-14)19(2,3)4/h6-11,16H,12H2,1-5H3,(H,20,21). The van der Waals surface area contributed by atoms with Crippen molar-refractivity contribution in [2.75, 3.05) is 13.7 Å². The van der Waals surface area contributed by atoms with Crippen LogP contribution in [-0.2, 0) is 10.2 Å². The maximum Gasteiger partial charge on any atom is 0.251 e. The molecule has 0 saturated carbocycles. The molecule has 0 aliphatic heterocycles. The largest absolute Gasteiger partial charge is 0.374 e. The summed E-state index contributed by atoms with van der Waals surface area (Å²) in [4.78, 5) is 14.7. The maximum absolute atomic E-state index is 12.3. The van der Waals surface area contributed by atoms with Crippen LogP contribution >= 0.6 is 11.3 Å². The summed E-state index contributed by atoms with van der Waals surface area (Å²) in [6, 6.07) is 11.9. The molecule has 1 N–H and O–H groups in total.